The standard InChI is InChI=1S/C19H15NO9/c1-24-14-4-9(5-15(25-2)19(14)26-3)18-16(20(22)23)17(21)10-6-12-13(28-8-27-12)7-11(10)29-18/h4-7H,8H2,1-3H3. The predicted octanol–water partition coefficient (Wildman–Crippen LogP) is 3.12. The number of hydrogen-bond acceptors (Lipinski definition) is 9. The number of ether oxygens (including phenoxy) is 5. The maximum absolute atomic E-state index is 12.9. The molecule has 0 atom stereocenters. The van der Waals surface area contributed by atoms with Gasteiger partial charge >= 0.3 is 5.69 Å². The van der Waals surface area contributed by atoms with Gasteiger partial charge in [-0.1, -0.05) is 0 Å². The van der Waals surface area contributed by atoms with Crippen molar-refractivity contribution in [3.05, 3.63) is 44.6 Å². The summed E-state index contributed by atoms with van der Waals surface area (Å²) in [5, 5.41) is 11.7. The van der Waals surface area contributed by atoms with Crippen molar-refractivity contribution in [3.63, 3.8) is 0 Å². The van der Waals surface area contributed by atoms with Crippen LogP contribution in [0.15, 0.2) is 33.5 Å². The average Bonchev–Trinajstić information content (AvgIpc) is 3.18. The topological polar surface area (TPSA) is 120 Å². The smallest absolute Gasteiger partial charge is 0.359 e. The molecular formula is C19H15NO9. The molecule has 29 heavy (non-hydrogen) atoms. The second-order valence-electron chi connectivity index (χ2n) is 5.98. The molecule has 0 fully saturated rings. The molecule has 0 unspecified atom stereocenters. The van der Waals surface area contributed by atoms with Crippen LogP contribution in [0, 0.1) is 10.1 Å². The van der Waals surface area contributed by atoms with Gasteiger partial charge in [0.15, 0.2) is 23.0 Å². The summed E-state index contributed by atoms with van der Waals surface area (Å²) in [7, 11) is 4.25. The molecule has 1 aliphatic heterocycles. The molecule has 4 rings (SSSR count). The van der Waals surface area contributed by atoms with Crippen LogP contribution in [0.3, 0.4) is 0 Å². The number of nitro groups is 1. The van der Waals surface area contributed by atoms with E-state index < -0.39 is 16.0 Å². The van der Waals surface area contributed by atoms with Crippen molar-refractivity contribution in [1.29, 1.82) is 0 Å². The lowest BCUT2D eigenvalue weighted by atomic mass is 10.1. The molecule has 1 aliphatic rings. The fraction of sp³-hybridized carbons (Fsp3) is 0.211. The van der Waals surface area contributed by atoms with Crippen LogP contribution in [0.25, 0.3) is 22.3 Å². The van der Waals surface area contributed by atoms with Gasteiger partial charge in [-0.3, -0.25) is 14.9 Å². The molecule has 0 saturated carbocycles. The molecule has 0 amide bonds. The molecule has 0 N–H and O–H groups in total. The maximum Gasteiger partial charge on any atom is 0.359 e. The molecule has 0 bridgehead atoms. The number of hydrogen-bond donors (Lipinski definition) is 0. The van der Waals surface area contributed by atoms with Crippen LogP contribution < -0.4 is 29.1 Å². The Morgan fingerprint density at radius 3 is 2.14 bits per heavy atom. The van der Waals surface area contributed by atoms with Crippen molar-refractivity contribution in [1.82, 2.24) is 0 Å². The summed E-state index contributed by atoms with van der Waals surface area (Å²) in [6.07, 6.45) is 0. The van der Waals surface area contributed by atoms with Crippen molar-refractivity contribution in [2.45, 2.75) is 0 Å². The monoisotopic (exact) mass is 401 g/mol. The number of rotatable bonds is 5. The number of benzene rings is 2. The summed E-state index contributed by atoms with van der Waals surface area (Å²) in [5.74, 6) is 1.26. The summed E-state index contributed by atoms with van der Waals surface area (Å²) in [6.45, 7) is -0.0122. The fourth-order valence-electron chi connectivity index (χ4n) is 3.15. The lowest BCUT2D eigenvalue weighted by Crippen LogP contribution is -2.10. The Labute approximate surface area is 163 Å². The Bertz CT molecular complexity index is 1170. The van der Waals surface area contributed by atoms with Crippen LogP contribution in [0.2, 0.25) is 0 Å². The highest BCUT2D eigenvalue weighted by molar-refractivity contribution is 5.87. The van der Waals surface area contributed by atoms with Crippen molar-refractivity contribution >= 4 is 16.7 Å². The highest BCUT2D eigenvalue weighted by Crippen LogP contribution is 2.44. The Balaban J connectivity index is 2.05. The fourth-order valence-corrected chi connectivity index (χ4v) is 3.15. The van der Waals surface area contributed by atoms with Gasteiger partial charge in [-0.05, 0) is 18.2 Å². The molecule has 3 aromatic rings. The molecule has 0 aliphatic carbocycles. The molecule has 150 valence electrons. The lowest BCUT2D eigenvalue weighted by molar-refractivity contribution is -0.386. The molecule has 2 heterocycles. The number of fused-ring (bicyclic) bond motifs is 2. The van der Waals surface area contributed by atoms with Gasteiger partial charge in [-0.2, -0.15) is 0 Å². The van der Waals surface area contributed by atoms with Gasteiger partial charge in [-0.25, -0.2) is 0 Å². The molecule has 1 aromatic heterocycles. The summed E-state index contributed by atoms with van der Waals surface area (Å²) < 4.78 is 32.2. The molecule has 0 radical (unpaired) electrons. The first kappa shape index (κ1) is 18.4. The summed E-state index contributed by atoms with van der Waals surface area (Å²) >= 11 is 0. The Kier molecular flexibility index (Phi) is 4.38. The Morgan fingerprint density at radius 2 is 1.59 bits per heavy atom. The summed E-state index contributed by atoms with van der Waals surface area (Å²) in [4.78, 5) is 23.9. The van der Waals surface area contributed by atoms with E-state index >= 15 is 0 Å². The zero-order valence-electron chi connectivity index (χ0n) is 15.6. The normalized spacial score (nSPS) is 12.1. The zero-order valence-corrected chi connectivity index (χ0v) is 15.6. The van der Waals surface area contributed by atoms with Crippen molar-refractivity contribution in [3.8, 4) is 40.1 Å². The van der Waals surface area contributed by atoms with Crippen molar-refractivity contribution in [2.75, 3.05) is 28.1 Å². The van der Waals surface area contributed by atoms with Crippen LogP contribution in [0.4, 0.5) is 5.69 Å². The van der Waals surface area contributed by atoms with Crippen molar-refractivity contribution in [2.24, 2.45) is 0 Å². The van der Waals surface area contributed by atoms with E-state index in [1.165, 1.54) is 45.6 Å². The first-order valence-corrected chi connectivity index (χ1v) is 8.33. The van der Waals surface area contributed by atoms with Crippen LogP contribution in [0.5, 0.6) is 28.7 Å². The predicted molar refractivity (Wildman–Crippen MR) is 100 cm³/mol. The van der Waals surface area contributed by atoms with Gasteiger partial charge < -0.3 is 28.1 Å². The largest absolute Gasteiger partial charge is 0.493 e. The minimum atomic E-state index is -0.807. The van der Waals surface area contributed by atoms with Crippen LogP contribution in [-0.2, 0) is 0 Å². The first-order valence-electron chi connectivity index (χ1n) is 8.33. The molecule has 10 heteroatoms. The van der Waals surface area contributed by atoms with Gasteiger partial charge in [0.1, 0.15) is 5.58 Å². The van der Waals surface area contributed by atoms with E-state index in [1.807, 2.05) is 0 Å². The number of methoxy groups -OCH3 is 3. The van der Waals surface area contributed by atoms with Gasteiger partial charge in [0.2, 0.25) is 18.3 Å². The number of nitrogens with zero attached hydrogens (tertiary/aromatic N) is 1. The van der Waals surface area contributed by atoms with E-state index in [0.717, 1.165) is 0 Å². The van der Waals surface area contributed by atoms with E-state index in [1.54, 1.807) is 0 Å². The van der Waals surface area contributed by atoms with E-state index in [4.69, 9.17) is 28.1 Å². The maximum atomic E-state index is 12.9. The second-order valence-corrected chi connectivity index (χ2v) is 5.98. The Hall–Kier alpha value is -3.95. The molecule has 0 saturated heterocycles. The second kappa shape index (κ2) is 6.89. The van der Waals surface area contributed by atoms with Crippen LogP contribution >= 0.6 is 0 Å². The highest BCUT2D eigenvalue weighted by atomic mass is 16.7. The molecule has 0 spiro atoms. The van der Waals surface area contributed by atoms with E-state index in [-0.39, 0.29) is 40.6 Å². The third-order valence-electron chi connectivity index (χ3n) is 4.47. The van der Waals surface area contributed by atoms with Gasteiger partial charge in [-0.15, -0.1) is 0 Å². The van der Waals surface area contributed by atoms with Crippen LogP contribution in [0.1, 0.15) is 0 Å². The zero-order chi connectivity index (χ0) is 20.7. The molecular weight excluding hydrogens is 386 g/mol. The van der Waals surface area contributed by atoms with Crippen LogP contribution in [-0.4, -0.2) is 33.0 Å². The van der Waals surface area contributed by atoms with E-state index in [9.17, 15) is 14.9 Å². The SMILES string of the molecule is COc1cc(-c2oc3cc4c(cc3c(=O)c2[N+](=O)[O-])OCO4)cc(OC)c1OC. The van der Waals surface area contributed by atoms with Crippen molar-refractivity contribution < 1.29 is 33.0 Å². The van der Waals surface area contributed by atoms with Gasteiger partial charge in [0.25, 0.3) is 5.43 Å². The first-order chi connectivity index (χ1) is 14.0. The van der Waals surface area contributed by atoms with Gasteiger partial charge in [0.05, 0.1) is 31.6 Å². The van der Waals surface area contributed by atoms with E-state index in [0.29, 0.717) is 17.2 Å². The minimum Gasteiger partial charge on any atom is -0.493 e. The van der Waals surface area contributed by atoms with E-state index in [2.05, 4.69) is 0 Å². The Morgan fingerprint density at radius 1 is 0.966 bits per heavy atom. The average molecular weight is 401 g/mol. The minimum absolute atomic E-state index is 0.0112. The highest BCUT2D eigenvalue weighted by Gasteiger charge is 2.29. The summed E-state index contributed by atoms with van der Waals surface area (Å²) in [5.41, 5.74) is -1.19. The summed E-state index contributed by atoms with van der Waals surface area (Å²) in [6, 6.07) is 5.76. The molecule has 2 aromatic carbocycles. The lowest BCUT2D eigenvalue weighted by Gasteiger charge is -2.14. The molecule has 10 nitrogen and oxygen atoms in total. The quantitative estimate of drug-likeness (QED) is 0.469. The third kappa shape index (κ3) is 2.85. The third-order valence-corrected chi connectivity index (χ3v) is 4.47. The van der Waals surface area contributed by atoms with Gasteiger partial charge in [0, 0.05) is 11.6 Å².